The molecule has 3 aliphatic rings. The number of nitrogens with zero attached hydrogens (tertiary/aromatic N) is 5. The number of hydrogen-bond donors (Lipinski definition) is 0. The average Bonchev–Trinajstić information content (AvgIpc) is 3.36. The molecule has 0 N–H and O–H groups in total. The number of rotatable bonds is 8. The molecule has 5 rings (SSSR count). The number of anilines is 1. The lowest BCUT2D eigenvalue weighted by molar-refractivity contribution is 0.0412. The second-order valence-electron chi connectivity index (χ2n) is 9.77. The standard InChI is InChI=1S/C26H28ClF4N5S/c1-34-14-19(15-34)35-8-6-20(7-9-35)37-36(18-4-5-22(28)21(27)11-18)13-17-3-2-16(10-23(17)29)24-12-25(26(30)31)33-32-24/h2-5,10-11,19-20,26H,6-9,12-15H2,1H3. The Kier molecular flexibility index (Phi) is 8.09. The predicted octanol–water partition coefficient (Wildman–Crippen LogP) is 5.87. The molecule has 0 aromatic heterocycles. The van der Waals surface area contributed by atoms with Crippen LogP contribution < -0.4 is 4.31 Å². The van der Waals surface area contributed by atoms with E-state index in [-0.39, 0.29) is 23.7 Å². The summed E-state index contributed by atoms with van der Waals surface area (Å²) in [5, 5.41) is 7.66. The third-order valence-electron chi connectivity index (χ3n) is 7.11. The van der Waals surface area contributed by atoms with E-state index in [1.807, 2.05) is 4.31 Å². The monoisotopic (exact) mass is 553 g/mol. The summed E-state index contributed by atoms with van der Waals surface area (Å²) in [4.78, 5) is 4.86. The Labute approximate surface area is 223 Å². The number of likely N-dealkylation sites (N-methyl/N-ethyl adjacent to an activating group) is 1. The first kappa shape index (κ1) is 26.5. The summed E-state index contributed by atoms with van der Waals surface area (Å²) in [6, 6.07) is 9.79. The van der Waals surface area contributed by atoms with Gasteiger partial charge in [0.25, 0.3) is 6.43 Å². The molecule has 2 saturated heterocycles. The first-order valence-electron chi connectivity index (χ1n) is 12.3. The smallest absolute Gasteiger partial charge is 0.278 e. The Morgan fingerprint density at radius 3 is 2.43 bits per heavy atom. The number of piperidine rings is 1. The fourth-order valence-corrected chi connectivity index (χ4v) is 6.32. The predicted molar refractivity (Wildman–Crippen MR) is 142 cm³/mol. The number of halogens is 5. The van der Waals surface area contributed by atoms with E-state index < -0.39 is 18.1 Å². The van der Waals surface area contributed by atoms with Gasteiger partial charge in [0.1, 0.15) is 17.3 Å². The van der Waals surface area contributed by atoms with Gasteiger partial charge in [-0.2, -0.15) is 10.2 Å². The maximum absolute atomic E-state index is 15.2. The lowest BCUT2D eigenvalue weighted by Gasteiger charge is -2.46. The van der Waals surface area contributed by atoms with Crippen molar-refractivity contribution in [2.75, 3.05) is 37.5 Å². The number of alkyl halides is 2. The molecule has 0 aliphatic carbocycles. The zero-order chi connectivity index (χ0) is 26.1. The van der Waals surface area contributed by atoms with Crippen molar-refractivity contribution in [1.29, 1.82) is 0 Å². The highest BCUT2D eigenvalue weighted by Crippen LogP contribution is 2.35. The molecule has 0 unspecified atom stereocenters. The zero-order valence-electron chi connectivity index (χ0n) is 20.4. The van der Waals surface area contributed by atoms with Crippen molar-refractivity contribution in [2.24, 2.45) is 10.2 Å². The second-order valence-corrected chi connectivity index (χ2v) is 11.5. The normalized spacial score (nSPS) is 19.8. The van der Waals surface area contributed by atoms with Crippen LogP contribution in [-0.4, -0.2) is 72.2 Å². The van der Waals surface area contributed by atoms with Crippen molar-refractivity contribution >= 4 is 40.7 Å². The van der Waals surface area contributed by atoms with E-state index in [2.05, 4.69) is 27.1 Å². The van der Waals surface area contributed by atoms with Crippen molar-refractivity contribution in [3.05, 3.63) is 64.2 Å². The molecule has 3 heterocycles. The van der Waals surface area contributed by atoms with Crippen LogP contribution in [0.15, 0.2) is 46.6 Å². The third kappa shape index (κ3) is 6.13. The van der Waals surface area contributed by atoms with Crippen molar-refractivity contribution in [3.63, 3.8) is 0 Å². The van der Waals surface area contributed by atoms with E-state index in [4.69, 9.17) is 11.6 Å². The van der Waals surface area contributed by atoms with E-state index in [0.717, 1.165) is 39.0 Å². The molecule has 0 spiro atoms. The van der Waals surface area contributed by atoms with Gasteiger partial charge < -0.3 is 9.21 Å². The molecule has 2 aromatic rings. The van der Waals surface area contributed by atoms with Crippen molar-refractivity contribution in [3.8, 4) is 0 Å². The van der Waals surface area contributed by atoms with Gasteiger partial charge in [-0.05, 0) is 69.2 Å². The maximum atomic E-state index is 15.2. The average molecular weight is 554 g/mol. The highest BCUT2D eigenvalue weighted by Gasteiger charge is 2.33. The van der Waals surface area contributed by atoms with Crippen LogP contribution in [0.4, 0.5) is 23.2 Å². The lowest BCUT2D eigenvalue weighted by Crippen LogP contribution is -2.59. The first-order chi connectivity index (χ1) is 17.8. The second kappa shape index (κ2) is 11.3. The summed E-state index contributed by atoms with van der Waals surface area (Å²) < 4.78 is 56.8. The Morgan fingerprint density at radius 2 is 1.81 bits per heavy atom. The number of benzene rings is 2. The Morgan fingerprint density at radius 1 is 1.05 bits per heavy atom. The van der Waals surface area contributed by atoms with Gasteiger partial charge in [0, 0.05) is 47.6 Å². The summed E-state index contributed by atoms with van der Waals surface area (Å²) in [6.45, 7) is 4.48. The van der Waals surface area contributed by atoms with Gasteiger partial charge in [-0.25, -0.2) is 17.6 Å². The molecular weight excluding hydrogens is 526 g/mol. The summed E-state index contributed by atoms with van der Waals surface area (Å²) >= 11 is 7.71. The quantitative estimate of drug-likeness (QED) is 0.303. The summed E-state index contributed by atoms with van der Waals surface area (Å²) in [7, 11) is 2.13. The Balaban J connectivity index is 1.29. The van der Waals surface area contributed by atoms with Gasteiger partial charge in [-0.15, -0.1) is 0 Å². The first-order valence-corrected chi connectivity index (χ1v) is 13.5. The zero-order valence-corrected chi connectivity index (χ0v) is 22.0. The van der Waals surface area contributed by atoms with Gasteiger partial charge in [-0.1, -0.05) is 23.7 Å². The van der Waals surface area contributed by atoms with Gasteiger partial charge in [0.15, 0.2) is 0 Å². The minimum Gasteiger partial charge on any atom is -0.311 e. The molecule has 0 bridgehead atoms. The van der Waals surface area contributed by atoms with Crippen LogP contribution in [0.3, 0.4) is 0 Å². The molecule has 37 heavy (non-hydrogen) atoms. The Bertz CT molecular complexity index is 1200. The topological polar surface area (TPSA) is 34.4 Å². The van der Waals surface area contributed by atoms with Gasteiger partial charge in [0.05, 0.1) is 17.3 Å². The SMILES string of the molecule is CN1CC(N2CCC(SN(Cc3ccc(C4=NN=C(C(F)F)C4)cc3F)c3ccc(F)c(Cl)c3)CC2)C1. The molecule has 2 aromatic carbocycles. The van der Waals surface area contributed by atoms with Crippen LogP contribution >= 0.6 is 23.5 Å². The van der Waals surface area contributed by atoms with Crippen LogP contribution in [0.25, 0.3) is 0 Å². The van der Waals surface area contributed by atoms with Gasteiger partial charge in [0.2, 0.25) is 0 Å². The maximum Gasteiger partial charge on any atom is 0.278 e. The highest BCUT2D eigenvalue weighted by molar-refractivity contribution is 8.01. The van der Waals surface area contributed by atoms with Crippen LogP contribution in [0.5, 0.6) is 0 Å². The van der Waals surface area contributed by atoms with E-state index in [1.165, 1.54) is 12.1 Å². The minimum absolute atomic E-state index is 0.0110. The van der Waals surface area contributed by atoms with Crippen LogP contribution in [0.2, 0.25) is 5.02 Å². The fourth-order valence-electron chi connectivity index (χ4n) is 4.91. The third-order valence-corrected chi connectivity index (χ3v) is 8.76. The molecule has 198 valence electrons. The largest absolute Gasteiger partial charge is 0.311 e. The van der Waals surface area contributed by atoms with E-state index in [1.54, 1.807) is 36.2 Å². The van der Waals surface area contributed by atoms with E-state index >= 15 is 4.39 Å². The van der Waals surface area contributed by atoms with Crippen LogP contribution in [0.1, 0.15) is 30.4 Å². The Hall–Kier alpha value is -2.14. The van der Waals surface area contributed by atoms with Crippen LogP contribution in [0, 0.1) is 11.6 Å². The summed E-state index contributed by atoms with van der Waals surface area (Å²) in [6.07, 6.45) is -0.767. The van der Waals surface area contributed by atoms with Gasteiger partial charge >= 0.3 is 0 Å². The summed E-state index contributed by atoms with van der Waals surface area (Å²) in [5.74, 6) is -0.971. The van der Waals surface area contributed by atoms with Gasteiger partial charge in [-0.3, -0.25) is 4.90 Å². The van der Waals surface area contributed by atoms with Crippen LogP contribution in [-0.2, 0) is 6.54 Å². The molecular formula is C26H28ClF4N5S. The highest BCUT2D eigenvalue weighted by atomic mass is 35.5. The van der Waals surface area contributed by atoms with Crippen molar-refractivity contribution in [1.82, 2.24) is 9.80 Å². The molecule has 0 amide bonds. The molecule has 2 fully saturated rings. The molecule has 3 aliphatic heterocycles. The molecule has 0 atom stereocenters. The fraction of sp³-hybridized carbons (Fsp3) is 0.462. The molecule has 11 heteroatoms. The number of hydrogen-bond acceptors (Lipinski definition) is 6. The number of likely N-dealkylation sites (tertiary alicyclic amines) is 2. The van der Waals surface area contributed by atoms with Crippen molar-refractivity contribution < 1.29 is 17.6 Å². The molecule has 0 saturated carbocycles. The minimum atomic E-state index is -2.68. The molecule has 5 nitrogen and oxygen atoms in total. The van der Waals surface area contributed by atoms with Crippen molar-refractivity contribution in [2.45, 2.75) is 43.5 Å². The van der Waals surface area contributed by atoms with E-state index in [9.17, 15) is 13.2 Å². The molecule has 0 radical (unpaired) electrons. The lowest BCUT2D eigenvalue weighted by atomic mass is 10.0. The van der Waals surface area contributed by atoms with E-state index in [0.29, 0.717) is 33.8 Å². The summed E-state index contributed by atoms with van der Waals surface area (Å²) in [5.41, 5.74) is 1.56.